The number of carbonyl (C=O) groups is 2. The molecule has 0 saturated carbocycles. The van der Waals surface area contributed by atoms with Gasteiger partial charge in [0.25, 0.3) is 5.91 Å². The molecule has 2 amide bonds. The molecule has 2 aromatic rings. The molecule has 1 aliphatic heterocycles. The third kappa shape index (κ3) is 6.81. The Bertz CT molecular complexity index is 1090. The predicted molar refractivity (Wildman–Crippen MR) is 134 cm³/mol. The van der Waals surface area contributed by atoms with Gasteiger partial charge in [-0.2, -0.15) is 0 Å². The Morgan fingerprint density at radius 2 is 1.91 bits per heavy atom. The smallest absolute Gasteiger partial charge is 0.259 e. The number of nitrogens with zero attached hydrogens (tertiary/aromatic N) is 4. The molecular formula is C27H34N4O4. The molecule has 1 aromatic carbocycles. The maximum Gasteiger partial charge on any atom is 0.259 e. The Morgan fingerprint density at radius 1 is 1.23 bits per heavy atom. The summed E-state index contributed by atoms with van der Waals surface area (Å²) in [5.41, 5.74) is 1.74. The van der Waals surface area contributed by atoms with Crippen LogP contribution in [0.3, 0.4) is 0 Å². The molecule has 0 saturated heterocycles. The van der Waals surface area contributed by atoms with Crippen LogP contribution in [0.4, 0.5) is 0 Å². The van der Waals surface area contributed by atoms with E-state index in [2.05, 4.69) is 16.8 Å². The highest BCUT2D eigenvalue weighted by atomic mass is 16.5. The second-order valence-electron chi connectivity index (χ2n) is 9.33. The molecule has 0 fully saturated rings. The van der Waals surface area contributed by atoms with Crippen molar-refractivity contribution in [1.29, 1.82) is 0 Å². The molecule has 2 heterocycles. The summed E-state index contributed by atoms with van der Waals surface area (Å²) in [7, 11) is 5.44. The van der Waals surface area contributed by atoms with Crippen LogP contribution in [0.5, 0.6) is 5.88 Å². The number of fused-ring (bicyclic) bond motifs is 1. The maximum atomic E-state index is 13.5. The molecule has 1 aliphatic rings. The second-order valence-corrected chi connectivity index (χ2v) is 9.33. The van der Waals surface area contributed by atoms with Crippen molar-refractivity contribution in [3.05, 3.63) is 59.3 Å². The lowest BCUT2D eigenvalue weighted by atomic mass is 10.00. The fraction of sp³-hybridized carbons (Fsp3) is 0.444. The van der Waals surface area contributed by atoms with Crippen molar-refractivity contribution in [3.8, 4) is 17.7 Å². The Hall–Kier alpha value is -3.41. The van der Waals surface area contributed by atoms with E-state index in [9.17, 15) is 14.7 Å². The third-order valence-corrected chi connectivity index (χ3v) is 5.98. The van der Waals surface area contributed by atoms with Gasteiger partial charge in [0.15, 0.2) is 0 Å². The number of aliphatic hydroxyl groups excluding tert-OH is 1. The quantitative estimate of drug-likeness (QED) is 0.637. The summed E-state index contributed by atoms with van der Waals surface area (Å²) < 4.78 is 6.25. The highest BCUT2D eigenvalue weighted by molar-refractivity contribution is 5.97. The van der Waals surface area contributed by atoms with Crippen molar-refractivity contribution in [2.75, 3.05) is 47.4 Å². The molecule has 0 aliphatic carbocycles. The van der Waals surface area contributed by atoms with Crippen LogP contribution < -0.4 is 4.74 Å². The number of hydrogen-bond donors (Lipinski definition) is 1. The van der Waals surface area contributed by atoms with Gasteiger partial charge in [-0.1, -0.05) is 37.0 Å². The summed E-state index contributed by atoms with van der Waals surface area (Å²) in [6.45, 7) is 4.63. The van der Waals surface area contributed by atoms with Gasteiger partial charge in [-0.25, -0.2) is 4.98 Å². The fourth-order valence-corrected chi connectivity index (χ4v) is 3.82. The Balaban J connectivity index is 1.95. The van der Waals surface area contributed by atoms with E-state index in [4.69, 9.17) is 4.74 Å². The van der Waals surface area contributed by atoms with Crippen molar-refractivity contribution < 1.29 is 19.4 Å². The molecular weight excluding hydrogens is 444 g/mol. The number of benzene rings is 1. The van der Waals surface area contributed by atoms with Gasteiger partial charge in [0.2, 0.25) is 11.8 Å². The number of aliphatic hydroxyl groups is 1. The molecule has 0 unspecified atom stereocenters. The zero-order valence-electron chi connectivity index (χ0n) is 21.1. The van der Waals surface area contributed by atoms with Crippen LogP contribution in [0.25, 0.3) is 0 Å². The van der Waals surface area contributed by atoms with E-state index in [1.807, 2.05) is 56.3 Å². The fourth-order valence-electron chi connectivity index (χ4n) is 3.82. The second kappa shape index (κ2) is 11.8. The van der Waals surface area contributed by atoms with Gasteiger partial charge in [0, 0.05) is 36.8 Å². The van der Waals surface area contributed by atoms with Crippen LogP contribution >= 0.6 is 0 Å². The lowest BCUT2D eigenvalue weighted by Crippen LogP contribution is -2.51. The number of pyridine rings is 1. The van der Waals surface area contributed by atoms with Crippen LogP contribution in [-0.4, -0.2) is 96.1 Å². The van der Waals surface area contributed by atoms with E-state index in [1.165, 1.54) is 0 Å². The van der Waals surface area contributed by atoms with Crippen LogP contribution in [0.2, 0.25) is 0 Å². The van der Waals surface area contributed by atoms with Gasteiger partial charge in [0.1, 0.15) is 11.7 Å². The third-order valence-electron chi connectivity index (χ3n) is 5.98. The van der Waals surface area contributed by atoms with E-state index < -0.39 is 0 Å². The van der Waals surface area contributed by atoms with Gasteiger partial charge in [-0.05, 0) is 39.2 Å². The average molecular weight is 479 g/mol. The highest BCUT2D eigenvalue weighted by Crippen LogP contribution is 2.27. The first-order chi connectivity index (χ1) is 16.7. The minimum absolute atomic E-state index is 0.0239. The highest BCUT2D eigenvalue weighted by Gasteiger charge is 2.34. The topological polar surface area (TPSA) is 86.2 Å². The van der Waals surface area contributed by atoms with Crippen molar-refractivity contribution in [2.24, 2.45) is 5.92 Å². The molecule has 0 spiro atoms. The van der Waals surface area contributed by atoms with E-state index in [0.717, 1.165) is 5.56 Å². The summed E-state index contributed by atoms with van der Waals surface area (Å²) in [5.74, 6) is 5.97. The lowest BCUT2D eigenvalue weighted by molar-refractivity contribution is -0.132. The molecule has 3 rings (SSSR count). The summed E-state index contributed by atoms with van der Waals surface area (Å²) in [6.07, 6.45) is 1.20. The van der Waals surface area contributed by atoms with Crippen molar-refractivity contribution in [3.63, 3.8) is 0 Å². The number of likely N-dealkylation sites (N-methyl/N-ethyl adjacent to an activating group) is 2. The molecule has 8 nitrogen and oxygen atoms in total. The van der Waals surface area contributed by atoms with Gasteiger partial charge in [-0.15, -0.1) is 0 Å². The van der Waals surface area contributed by atoms with Crippen LogP contribution in [-0.2, 0) is 4.79 Å². The molecule has 1 aromatic heterocycles. The lowest BCUT2D eigenvalue weighted by Gasteiger charge is -2.37. The number of amides is 2. The van der Waals surface area contributed by atoms with Crippen LogP contribution in [0.15, 0.2) is 42.6 Å². The summed E-state index contributed by atoms with van der Waals surface area (Å²) >= 11 is 0. The zero-order valence-corrected chi connectivity index (χ0v) is 21.1. The number of carbonyl (C=O) groups excluding carboxylic acids is 2. The van der Waals surface area contributed by atoms with Gasteiger partial charge >= 0.3 is 0 Å². The number of ether oxygens (including phenoxy) is 1. The Kier molecular flexibility index (Phi) is 8.85. The molecule has 0 bridgehead atoms. The summed E-state index contributed by atoms with van der Waals surface area (Å²) in [5, 5.41) is 9.81. The van der Waals surface area contributed by atoms with E-state index >= 15 is 0 Å². The average Bonchev–Trinajstić information content (AvgIpc) is 2.84. The first-order valence-corrected chi connectivity index (χ1v) is 11.7. The van der Waals surface area contributed by atoms with Crippen molar-refractivity contribution in [2.45, 2.75) is 26.0 Å². The van der Waals surface area contributed by atoms with Gasteiger partial charge in [-0.3, -0.25) is 9.59 Å². The molecule has 3 atom stereocenters. The van der Waals surface area contributed by atoms with Crippen molar-refractivity contribution >= 4 is 11.8 Å². The predicted octanol–water partition coefficient (Wildman–Crippen LogP) is 1.72. The molecule has 0 radical (unpaired) electrons. The maximum absolute atomic E-state index is 13.5. The van der Waals surface area contributed by atoms with Crippen LogP contribution in [0.1, 0.15) is 35.3 Å². The van der Waals surface area contributed by atoms with Crippen molar-refractivity contribution in [1.82, 2.24) is 19.7 Å². The normalized spacial score (nSPS) is 18.5. The largest absolute Gasteiger partial charge is 0.472 e. The first-order valence-electron chi connectivity index (χ1n) is 11.7. The van der Waals surface area contributed by atoms with E-state index in [0.29, 0.717) is 30.8 Å². The number of hydrogen-bond acceptors (Lipinski definition) is 6. The standard InChI is InChI=1S/C27H34N4O4/c1-19-15-31(20(2)18-32)27(34)23-13-22(12-11-21-9-7-6-8-10-21)14-28-26(23)35-24(19)16-30(5)25(33)17-29(3)4/h6-10,13-14,19-20,24,32H,15-18H2,1-5H3/t19-,20-,24-/m1/s1. The van der Waals surface area contributed by atoms with E-state index in [-0.39, 0.29) is 42.4 Å². The molecule has 1 N–H and O–H groups in total. The zero-order chi connectivity index (χ0) is 25.5. The number of rotatable bonds is 6. The van der Waals surface area contributed by atoms with Gasteiger partial charge in [0.05, 0.1) is 25.7 Å². The van der Waals surface area contributed by atoms with Crippen LogP contribution in [0, 0.1) is 17.8 Å². The number of aromatic nitrogens is 1. The minimum atomic E-state index is -0.389. The molecule has 35 heavy (non-hydrogen) atoms. The minimum Gasteiger partial charge on any atom is -0.472 e. The van der Waals surface area contributed by atoms with Gasteiger partial charge < -0.3 is 24.5 Å². The molecule has 186 valence electrons. The Labute approximate surface area is 207 Å². The monoisotopic (exact) mass is 478 g/mol. The Morgan fingerprint density at radius 3 is 2.57 bits per heavy atom. The SMILES string of the molecule is C[C@@H]1CN([C@H](C)CO)C(=O)c2cc(C#Cc3ccccc3)cnc2O[C@@H]1CN(C)C(=O)CN(C)C. The first kappa shape index (κ1) is 26.2. The summed E-state index contributed by atoms with van der Waals surface area (Å²) in [4.78, 5) is 35.6. The summed E-state index contributed by atoms with van der Waals surface area (Å²) in [6, 6.07) is 10.9. The molecule has 8 heteroatoms. The van der Waals surface area contributed by atoms with E-state index in [1.54, 1.807) is 36.0 Å².